The first kappa shape index (κ1) is 16.9. The Morgan fingerprint density at radius 2 is 2.00 bits per heavy atom. The predicted octanol–water partition coefficient (Wildman–Crippen LogP) is 3.89. The molecule has 0 aliphatic heterocycles. The van der Waals surface area contributed by atoms with Crippen molar-refractivity contribution >= 4 is 28.8 Å². The minimum atomic E-state index is -0.259. The number of para-hydroxylation sites is 2. The van der Waals surface area contributed by atoms with E-state index in [9.17, 15) is 4.39 Å². The molecule has 0 bridgehead atoms. The first-order valence-electron chi connectivity index (χ1n) is 7.63. The van der Waals surface area contributed by atoms with E-state index in [-0.39, 0.29) is 5.82 Å². The molecule has 5 nitrogen and oxygen atoms in total. The molecule has 0 aliphatic carbocycles. The number of rotatable bonds is 5. The zero-order chi connectivity index (χ0) is 17.6. The number of halogens is 1. The largest absolute Gasteiger partial charge is 0.495 e. The van der Waals surface area contributed by atoms with Crippen LogP contribution in [0.5, 0.6) is 5.75 Å². The van der Waals surface area contributed by atoms with Crippen LogP contribution in [0, 0.1) is 5.82 Å². The van der Waals surface area contributed by atoms with Gasteiger partial charge >= 0.3 is 0 Å². The van der Waals surface area contributed by atoms with Crippen LogP contribution >= 0.6 is 12.2 Å². The maximum atomic E-state index is 13.2. The molecule has 2 N–H and O–H groups in total. The summed E-state index contributed by atoms with van der Waals surface area (Å²) in [4.78, 5) is 0. The average Bonchev–Trinajstić information content (AvgIpc) is 3.02. The molecule has 1 aromatic heterocycles. The minimum absolute atomic E-state index is 0.259. The van der Waals surface area contributed by atoms with Gasteiger partial charge in [0, 0.05) is 12.3 Å². The fourth-order valence-electron chi connectivity index (χ4n) is 2.36. The number of anilines is 2. The van der Waals surface area contributed by atoms with Crippen molar-refractivity contribution in [2.24, 2.45) is 0 Å². The summed E-state index contributed by atoms with van der Waals surface area (Å²) < 4.78 is 20.2. The molecular formula is C18H17FN4OS. The zero-order valence-corrected chi connectivity index (χ0v) is 14.4. The summed E-state index contributed by atoms with van der Waals surface area (Å²) in [5.41, 5.74) is 1.60. The fourth-order valence-corrected chi connectivity index (χ4v) is 2.57. The number of hydrogen-bond acceptors (Lipinski definition) is 3. The standard InChI is InChI=1S/C18H17FN4OS/c1-24-16-8-3-2-7-15(16)20-18(25)21-17-9-10-23(22-17)12-13-5-4-6-14(19)11-13/h2-11H,12H2,1H3,(H2,20,21,22,25). The van der Waals surface area contributed by atoms with Crippen LogP contribution in [0.2, 0.25) is 0 Å². The summed E-state index contributed by atoms with van der Waals surface area (Å²) in [6.45, 7) is 0.478. The van der Waals surface area contributed by atoms with Gasteiger partial charge < -0.3 is 15.4 Å². The highest BCUT2D eigenvalue weighted by atomic mass is 32.1. The topological polar surface area (TPSA) is 51.1 Å². The zero-order valence-electron chi connectivity index (χ0n) is 13.6. The number of benzene rings is 2. The van der Waals surface area contributed by atoms with E-state index in [0.717, 1.165) is 11.3 Å². The third-order valence-electron chi connectivity index (χ3n) is 3.47. The summed E-state index contributed by atoms with van der Waals surface area (Å²) >= 11 is 5.31. The highest BCUT2D eigenvalue weighted by Gasteiger charge is 2.06. The van der Waals surface area contributed by atoms with Gasteiger partial charge in [0.15, 0.2) is 10.9 Å². The Hall–Kier alpha value is -2.93. The van der Waals surface area contributed by atoms with Crippen molar-refractivity contribution in [2.75, 3.05) is 17.7 Å². The van der Waals surface area contributed by atoms with Crippen molar-refractivity contribution in [3.8, 4) is 5.75 Å². The molecule has 25 heavy (non-hydrogen) atoms. The van der Waals surface area contributed by atoms with Crippen LogP contribution in [0.15, 0.2) is 60.8 Å². The lowest BCUT2D eigenvalue weighted by atomic mass is 10.2. The molecule has 0 spiro atoms. The Bertz CT molecular complexity index is 881. The van der Waals surface area contributed by atoms with E-state index in [2.05, 4.69) is 15.7 Å². The summed E-state index contributed by atoms with van der Waals surface area (Å²) in [7, 11) is 1.60. The second-order valence-electron chi connectivity index (χ2n) is 5.31. The Kier molecular flexibility index (Phi) is 5.25. The second kappa shape index (κ2) is 7.76. The summed E-state index contributed by atoms with van der Waals surface area (Å²) in [5, 5.41) is 10.9. The molecule has 0 saturated heterocycles. The Labute approximate surface area is 150 Å². The number of nitrogens with zero attached hydrogens (tertiary/aromatic N) is 2. The smallest absolute Gasteiger partial charge is 0.176 e. The number of nitrogens with one attached hydrogen (secondary N) is 2. The van der Waals surface area contributed by atoms with Gasteiger partial charge in [-0.3, -0.25) is 4.68 Å². The molecule has 2 aromatic carbocycles. The lowest BCUT2D eigenvalue weighted by Gasteiger charge is -2.12. The Balaban J connectivity index is 1.62. The summed E-state index contributed by atoms with van der Waals surface area (Å²) in [5.74, 6) is 1.04. The monoisotopic (exact) mass is 356 g/mol. The van der Waals surface area contributed by atoms with E-state index in [1.807, 2.05) is 30.3 Å². The van der Waals surface area contributed by atoms with Gasteiger partial charge in [0.2, 0.25) is 0 Å². The predicted molar refractivity (Wildman–Crippen MR) is 101 cm³/mol. The fraction of sp³-hybridized carbons (Fsp3) is 0.111. The molecule has 128 valence electrons. The minimum Gasteiger partial charge on any atom is -0.495 e. The van der Waals surface area contributed by atoms with Gasteiger partial charge in [-0.15, -0.1) is 0 Å². The van der Waals surface area contributed by atoms with Crippen LogP contribution in [0.1, 0.15) is 5.56 Å². The first-order chi connectivity index (χ1) is 12.1. The van der Waals surface area contributed by atoms with Gasteiger partial charge in [-0.05, 0) is 42.0 Å². The molecule has 0 unspecified atom stereocenters. The molecule has 0 fully saturated rings. The maximum Gasteiger partial charge on any atom is 0.176 e. The number of methoxy groups -OCH3 is 1. The average molecular weight is 356 g/mol. The number of aromatic nitrogens is 2. The van der Waals surface area contributed by atoms with Gasteiger partial charge in [0.25, 0.3) is 0 Å². The van der Waals surface area contributed by atoms with E-state index in [0.29, 0.717) is 23.2 Å². The summed E-state index contributed by atoms with van der Waals surface area (Å²) in [6, 6.07) is 15.7. The van der Waals surface area contributed by atoms with Gasteiger partial charge in [-0.25, -0.2) is 4.39 Å². The molecular weight excluding hydrogens is 339 g/mol. The third-order valence-corrected chi connectivity index (χ3v) is 3.68. The van der Waals surface area contributed by atoms with E-state index in [1.54, 1.807) is 30.1 Å². The molecule has 3 rings (SSSR count). The molecule has 7 heteroatoms. The van der Waals surface area contributed by atoms with Crippen molar-refractivity contribution < 1.29 is 9.13 Å². The quantitative estimate of drug-likeness (QED) is 0.680. The van der Waals surface area contributed by atoms with Crippen molar-refractivity contribution in [1.82, 2.24) is 9.78 Å². The van der Waals surface area contributed by atoms with Gasteiger partial charge in [0.05, 0.1) is 19.3 Å². The van der Waals surface area contributed by atoms with E-state index < -0.39 is 0 Å². The van der Waals surface area contributed by atoms with Crippen LogP contribution in [0.3, 0.4) is 0 Å². The molecule has 0 atom stereocenters. The van der Waals surface area contributed by atoms with Crippen LogP contribution in [0.4, 0.5) is 15.9 Å². The SMILES string of the molecule is COc1ccccc1NC(=S)Nc1ccn(Cc2cccc(F)c2)n1. The third kappa shape index (κ3) is 4.54. The lowest BCUT2D eigenvalue weighted by molar-refractivity contribution is 0.417. The first-order valence-corrected chi connectivity index (χ1v) is 8.04. The van der Waals surface area contributed by atoms with Crippen molar-refractivity contribution in [3.63, 3.8) is 0 Å². The molecule has 0 saturated carbocycles. The van der Waals surface area contributed by atoms with Crippen molar-refractivity contribution in [2.45, 2.75) is 6.54 Å². The van der Waals surface area contributed by atoms with Crippen LogP contribution in [-0.4, -0.2) is 22.0 Å². The highest BCUT2D eigenvalue weighted by Crippen LogP contribution is 2.23. The van der Waals surface area contributed by atoms with Crippen LogP contribution in [0.25, 0.3) is 0 Å². The van der Waals surface area contributed by atoms with Gasteiger partial charge in [-0.1, -0.05) is 24.3 Å². The normalized spacial score (nSPS) is 10.3. The van der Waals surface area contributed by atoms with Crippen LogP contribution in [-0.2, 0) is 6.54 Å². The Morgan fingerprint density at radius 1 is 1.16 bits per heavy atom. The number of hydrogen-bond donors (Lipinski definition) is 2. The number of ether oxygens (including phenoxy) is 1. The van der Waals surface area contributed by atoms with E-state index in [4.69, 9.17) is 17.0 Å². The lowest BCUT2D eigenvalue weighted by Crippen LogP contribution is -2.20. The highest BCUT2D eigenvalue weighted by molar-refractivity contribution is 7.80. The Morgan fingerprint density at radius 3 is 2.80 bits per heavy atom. The van der Waals surface area contributed by atoms with E-state index in [1.165, 1.54) is 12.1 Å². The van der Waals surface area contributed by atoms with Gasteiger partial charge in [0.1, 0.15) is 11.6 Å². The molecule has 0 aliphatic rings. The van der Waals surface area contributed by atoms with E-state index >= 15 is 0 Å². The van der Waals surface area contributed by atoms with Crippen LogP contribution < -0.4 is 15.4 Å². The van der Waals surface area contributed by atoms with Gasteiger partial charge in [-0.2, -0.15) is 5.10 Å². The summed E-state index contributed by atoms with van der Waals surface area (Å²) in [6.07, 6.45) is 1.80. The molecule has 3 aromatic rings. The maximum absolute atomic E-state index is 13.2. The second-order valence-corrected chi connectivity index (χ2v) is 5.72. The molecule has 0 amide bonds. The van der Waals surface area contributed by atoms with Crippen molar-refractivity contribution in [3.05, 3.63) is 72.2 Å². The van der Waals surface area contributed by atoms with Crippen molar-refractivity contribution in [1.29, 1.82) is 0 Å². The molecule has 1 heterocycles. The molecule has 0 radical (unpaired) electrons. The number of thiocarbonyl (C=S) groups is 1.